The lowest BCUT2D eigenvalue weighted by molar-refractivity contribution is 0.0763. The van der Waals surface area contributed by atoms with E-state index in [9.17, 15) is 15.0 Å². The average molecular weight is 301 g/mol. The second-order valence-electron chi connectivity index (χ2n) is 4.85. The monoisotopic (exact) mass is 301 g/mol. The van der Waals surface area contributed by atoms with Crippen molar-refractivity contribution in [1.29, 1.82) is 0 Å². The lowest BCUT2D eigenvalue weighted by Crippen LogP contribution is -2.42. The molecule has 0 heterocycles. The maximum Gasteiger partial charge on any atom is 0.407 e. The molecule has 0 aliphatic carbocycles. The normalized spacial score (nSPS) is 13.2. The first-order valence-electron chi connectivity index (χ1n) is 7.02. The smallest absolute Gasteiger partial charge is 0.407 e. The summed E-state index contributed by atoms with van der Waals surface area (Å²) >= 11 is 0. The standard InChI is InChI=1S/C17H19NO4/c19-11-15(16(20)14-9-5-2-6-10-14)18-17(21)22-12-13-7-3-1-4-8-13/h1-10,15-16,19-20H,11-12H2,(H,18,21)/t15-,16-/m1/s1. The Morgan fingerprint density at radius 1 is 1.05 bits per heavy atom. The summed E-state index contributed by atoms with van der Waals surface area (Å²) in [7, 11) is 0. The Hall–Kier alpha value is -2.37. The molecule has 2 aromatic carbocycles. The largest absolute Gasteiger partial charge is 0.445 e. The Morgan fingerprint density at radius 3 is 2.23 bits per heavy atom. The number of carbonyl (C=O) groups is 1. The zero-order chi connectivity index (χ0) is 15.8. The fraction of sp³-hybridized carbons (Fsp3) is 0.235. The minimum atomic E-state index is -1.00. The van der Waals surface area contributed by atoms with E-state index in [1.54, 1.807) is 24.3 Å². The first-order valence-corrected chi connectivity index (χ1v) is 7.02. The Balaban J connectivity index is 1.88. The van der Waals surface area contributed by atoms with Crippen molar-refractivity contribution in [2.24, 2.45) is 0 Å². The highest BCUT2D eigenvalue weighted by Crippen LogP contribution is 2.16. The Kier molecular flexibility index (Phi) is 5.94. The van der Waals surface area contributed by atoms with Gasteiger partial charge in [-0.1, -0.05) is 60.7 Å². The molecule has 5 nitrogen and oxygen atoms in total. The van der Waals surface area contributed by atoms with E-state index in [0.717, 1.165) is 5.56 Å². The van der Waals surface area contributed by atoms with Crippen LogP contribution in [0.3, 0.4) is 0 Å². The van der Waals surface area contributed by atoms with Gasteiger partial charge in [0.05, 0.1) is 12.6 Å². The molecule has 0 aromatic heterocycles. The maximum absolute atomic E-state index is 11.8. The summed E-state index contributed by atoms with van der Waals surface area (Å²) in [6.07, 6.45) is -1.69. The molecule has 2 aromatic rings. The van der Waals surface area contributed by atoms with E-state index in [4.69, 9.17) is 4.74 Å². The molecule has 0 saturated heterocycles. The fourth-order valence-corrected chi connectivity index (χ4v) is 2.02. The molecule has 22 heavy (non-hydrogen) atoms. The number of nitrogens with one attached hydrogen (secondary N) is 1. The van der Waals surface area contributed by atoms with Gasteiger partial charge in [-0.2, -0.15) is 0 Å². The van der Waals surface area contributed by atoms with E-state index in [-0.39, 0.29) is 6.61 Å². The number of hydrogen-bond donors (Lipinski definition) is 3. The van der Waals surface area contributed by atoms with E-state index < -0.39 is 24.8 Å². The third kappa shape index (κ3) is 4.58. The van der Waals surface area contributed by atoms with Crippen LogP contribution in [0.5, 0.6) is 0 Å². The van der Waals surface area contributed by atoms with Gasteiger partial charge in [0, 0.05) is 0 Å². The van der Waals surface area contributed by atoms with Gasteiger partial charge >= 0.3 is 6.09 Å². The van der Waals surface area contributed by atoms with Gasteiger partial charge in [0.2, 0.25) is 0 Å². The highest BCUT2D eigenvalue weighted by molar-refractivity contribution is 5.67. The second kappa shape index (κ2) is 8.17. The predicted octanol–water partition coefficient (Wildman–Crippen LogP) is 2.01. The van der Waals surface area contributed by atoms with Crippen LogP contribution < -0.4 is 5.32 Å². The molecule has 116 valence electrons. The van der Waals surface area contributed by atoms with Crippen LogP contribution in [0.2, 0.25) is 0 Å². The second-order valence-corrected chi connectivity index (χ2v) is 4.85. The number of carbonyl (C=O) groups excluding carboxylic acids is 1. The summed E-state index contributed by atoms with van der Waals surface area (Å²) in [5.74, 6) is 0. The van der Waals surface area contributed by atoms with Gasteiger partial charge in [-0.05, 0) is 11.1 Å². The topological polar surface area (TPSA) is 78.8 Å². The van der Waals surface area contributed by atoms with Crippen LogP contribution in [0.4, 0.5) is 4.79 Å². The van der Waals surface area contributed by atoms with Gasteiger partial charge in [-0.15, -0.1) is 0 Å². The summed E-state index contributed by atoms with van der Waals surface area (Å²) < 4.78 is 5.07. The van der Waals surface area contributed by atoms with Crippen molar-refractivity contribution in [3.8, 4) is 0 Å². The highest BCUT2D eigenvalue weighted by atomic mass is 16.5. The van der Waals surface area contributed by atoms with Crippen LogP contribution in [0.25, 0.3) is 0 Å². The average Bonchev–Trinajstić information content (AvgIpc) is 2.59. The molecule has 0 spiro atoms. The molecule has 0 saturated carbocycles. The van der Waals surface area contributed by atoms with Crippen LogP contribution in [-0.4, -0.2) is 29.0 Å². The summed E-state index contributed by atoms with van der Waals surface area (Å²) in [6.45, 7) is -0.261. The van der Waals surface area contributed by atoms with Crippen molar-refractivity contribution in [2.45, 2.75) is 18.8 Å². The lowest BCUT2D eigenvalue weighted by Gasteiger charge is -2.22. The Morgan fingerprint density at radius 2 is 1.64 bits per heavy atom. The SMILES string of the molecule is O=C(N[C@H](CO)[C@H](O)c1ccccc1)OCc1ccccc1. The summed E-state index contributed by atoms with van der Waals surface area (Å²) in [5, 5.41) is 22.0. The van der Waals surface area contributed by atoms with E-state index in [1.165, 1.54) is 0 Å². The molecular weight excluding hydrogens is 282 g/mol. The minimum absolute atomic E-state index is 0.131. The predicted molar refractivity (Wildman–Crippen MR) is 82.0 cm³/mol. The zero-order valence-electron chi connectivity index (χ0n) is 12.1. The van der Waals surface area contributed by atoms with Gasteiger partial charge in [-0.3, -0.25) is 0 Å². The highest BCUT2D eigenvalue weighted by Gasteiger charge is 2.22. The van der Waals surface area contributed by atoms with Gasteiger partial charge < -0.3 is 20.3 Å². The molecule has 1 amide bonds. The Bertz CT molecular complexity index is 574. The number of aliphatic hydroxyl groups is 2. The molecule has 5 heteroatoms. The van der Waals surface area contributed by atoms with Crippen LogP contribution in [0.15, 0.2) is 60.7 Å². The number of amides is 1. The van der Waals surface area contributed by atoms with E-state index >= 15 is 0 Å². The molecule has 3 N–H and O–H groups in total. The van der Waals surface area contributed by atoms with E-state index in [1.807, 2.05) is 36.4 Å². The van der Waals surface area contributed by atoms with Crippen LogP contribution >= 0.6 is 0 Å². The molecule has 2 rings (SSSR count). The maximum atomic E-state index is 11.8. The van der Waals surface area contributed by atoms with Crippen molar-refractivity contribution in [1.82, 2.24) is 5.32 Å². The molecular formula is C17H19NO4. The van der Waals surface area contributed by atoms with Gasteiger partial charge in [0.1, 0.15) is 12.7 Å². The third-order valence-electron chi connectivity index (χ3n) is 3.23. The quantitative estimate of drug-likeness (QED) is 0.762. The summed E-state index contributed by atoms with van der Waals surface area (Å²) in [6, 6.07) is 17.3. The van der Waals surface area contributed by atoms with E-state index in [2.05, 4.69) is 5.32 Å². The molecule has 0 fully saturated rings. The minimum Gasteiger partial charge on any atom is -0.445 e. The molecule has 0 unspecified atom stereocenters. The van der Waals surface area contributed by atoms with Gasteiger partial charge in [0.15, 0.2) is 0 Å². The van der Waals surface area contributed by atoms with Crippen molar-refractivity contribution in [2.75, 3.05) is 6.61 Å². The van der Waals surface area contributed by atoms with Crippen molar-refractivity contribution in [3.63, 3.8) is 0 Å². The number of ether oxygens (including phenoxy) is 1. The Labute approximate surface area is 129 Å². The molecule has 0 aliphatic heterocycles. The third-order valence-corrected chi connectivity index (χ3v) is 3.23. The molecule has 0 radical (unpaired) electrons. The number of alkyl carbamates (subject to hydrolysis) is 1. The first-order chi connectivity index (χ1) is 10.7. The molecule has 0 bridgehead atoms. The van der Waals surface area contributed by atoms with Crippen LogP contribution in [0.1, 0.15) is 17.2 Å². The van der Waals surface area contributed by atoms with Crippen molar-refractivity contribution in [3.05, 3.63) is 71.8 Å². The van der Waals surface area contributed by atoms with Gasteiger partial charge in [0.25, 0.3) is 0 Å². The van der Waals surface area contributed by atoms with Crippen molar-refractivity contribution < 1.29 is 19.7 Å². The zero-order valence-corrected chi connectivity index (χ0v) is 12.1. The summed E-state index contributed by atoms with van der Waals surface area (Å²) in [4.78, 5) is 11.8. The van der Waals surface area contributed by atoms with Crippen molar-refractivity contribution >= 4 is 6.09 Å². The lowest BCUT2D eigenvalue weighted by atomic mass is 10.0. The summed E-state index contributed by atoms with van der Waals surface area (Å²) in [5.41, 5.74) is 1.48. The number of hydrogen-bond acceptors (Lipinski definition) is 4. The number of rotatable bonds is 6. The van der Waals surface area contributed by atoms with Gasteiger partial charge in [-0.25, -0.2) is 4.79 Å². The molecule has 2 atom stereocenters. The fourth-order valence-electron chi connectivity index (χ4n) is 2.02. The molecule has 0 aliphatic rings. The first kappa shape index (κ1) is 16.0. The number of aliphatic hydroxyl groups excluding tert-OH is 2. The number of benzene rings is 2. The van der Waals surface area contributed by atoms with Crippen LogP contribution in [0, 0.1) is 0 Å². The van der Waals surface area contributed by atoms with Crippen LogP contribution in [-0.2, 0) is 11.3 Å². The van der Waals surface area contributed by atoms with E-state index in [0.29, 0.717) is 5.56 Å².